The van der Waals surface area contributed by atoms with Crippen LogP contribution in [0.15, 0.2) is 96.8 Å². The Kier molecular flexibility index (Phi) is 6.09. The topological polar surface area (TPSA) is 18.5 Å². The van der Waals surface area contributed by atoms with Crippen LogP contribution in [0.25, 0.3) is 27.1 Å². The lowest BCUT2D eigenvalue weighted by Gasteiger charge is -2.18. The zero-order valence-electron chi connectivity index (χ0n) is 18.1. The van der Waals surface area contributed by atoms with E-state index in [2.05, 4.69) is 61.2 Å². The molecule has 2 nitrogen and oxygen atoms in total. The van der Waals surface area contributed by atoms with E-state index >= 15 is 0 Å². The first kappa shape index (κ1) is 20.6. The molecular formula is C29H26O2S. The zero-order chi connectivity index (χ0) is 21.8. The van der Waals surface area contributed by atoms with E-state index in [1.807, 2.05) is 17.5 Å². The molecular weight excluding hydrogens is 412 g/mol. The minimum absolute atomic E-state index is 0.678. The number of hydrogen-bond acceptors (Lipinski definition) is 3. The number of benzene rings is 3. The van der Waals surface area contributed by atoms with Crippen LogP contribution in [-0.4, -0.2) is 0 Å². The molecule has 0 saturated carbocycles. The number of allylic oxidation sites excluding steroid dienone is 3. The van der Waals surface area contributed by atoms with E-state index in [9.17, 15) is 0 Å². The molecule has 0 unspecified atom stereocenters. The molecule has 2 heterocycles. The molecule has 0 fully saturated rings. The average molecular weight is 439 g/mol. The smallest absolute Gasteiger partial charge is 0.168 e. The molecule has 0 bridgehead atoms. The summed E-state index contributed by atoms with van der Waals surface area (Å²) in [5.41, 5.74) is 4.25. The molecule has 1 aliphatic carbocycles. The van der Waals surface area contributed by atoms with E-state index in [0.29, 0.717) is 6.42 Å². The molecule has 160 valence electrons. The maximum Gasteiger partial charge on any atom is 0.168 e. The maximum absolute atomic E-state index is 5.08. The van der Waals surface area contributed by atoms with Crippen LogP contribution in [0.1, 0.15) is 35.3 Å². The van der Waals surface area contributed by atoms with Crippen LogP contribution in [0.3, 0.4) is 0 Å². The molecule has 2 aliphatic rings. The van der Waals surface area contributed by atoms with Crippen molar-refractivity contribution in [2.24, 2.45) is 0 Å². The highest BCUT2D eigenvalue weighted by molar-refractivity contribution is 7.11. The highest BCUT2D eigenvalue weighted by Gasteiger charge is 2.14. The van der Waals surface area contributed by atoms with Gasteiger partial charge in [0.2, 0.25) is 0 Å². The highest BCUT2D eigenvalue weighted by atomic mass is 32.1. The van der Waals surface area contributed by atoms with Gasteiger partial charge in [-0.25, -0.2) is 0 Å². The van der Waals surface area contributed by atoms with E-state index < -0.39 is 0 Å². The van der Waals surface area contributed by atoms with Crippen molar-refractivity contribution in [3.63, 3.8) is 0 Å². The third-order valence-electron chi connectivity index (χ3n) is 6.11. The van der Waals surface area contributed by atoms with Crippen LogP contribution in [0.4, 0.5) is 0 Å². The van der Waals surface area contributed by atoms with Crippen LogP contribution in [0, 0.1) is 0 Å². The van der Waals surface area contributed by atoms with Gasteiger partial charge in [0.25, 0.3) is 0 Å². The lowest BCUT2D eigenvalue weighted by Crippen LogP contribution is -2.02. The second-order valence-corrected chi connectivity index (χ2v) is 9.03. The third kappa shape index (κ3) is 4.09. The van der Waals surface area contributed by atoms with Gasteiger partial charge < -0.3 is 0 Å². The SMILES string of the molecule is C=CCC1=C(c2cccs2)C=COO1.c1ccc2c(c1)ccc1c3c(ccc12)CCCC3. The van der Waals surface area contributed by atoms with Crippen molar-refractivity contribution in [2.45, 2.75) is 32.1 Å². The van der Waals surface area contributed by atoms with Crippen LogP contribution < -0.4 is 0 Å². The number of hydrogen-bond donors (Lipinski definition) is 0. The fourth-order valence-electron chi connectivity index (χ4n) is 4.59. The summed E-state index contributed by atoms with van der Waals surface area (Å²) in [7, 11) is 0. The van der Waals surface area contributed by atoms with Gasteiger partial charge in [0.1, 0.15) is 6.26 Å². The molecule has 1 aliphatic heterocycles. The van der Waals surface area contributed by atoms with Gasteiger partial charge in [-0.3, -0.25) is 9.78 Å². The van der Waals surface area contributed by atoms with Gasteiger partial charge in [-0.2, -0.15) is 0 Å². The van der Waals surface area contributed by atoms with Crippen LogP contribution >= 0.6 is 11.3 Å². The van der Waals surface area contributed by atoms with Gasteiger partial charge in [-0.15, -0.1) is 17.9 Å². The number of rotatable bonds is 3. The quantitative estimate of drug-likeness (QED) is 0.182. The van der Waals surface area contributed by atoms with Crippen molar-refractivity contribution in [1.29, 1.82) is 0 Å². The van der Waals surface area contributed by atoms with E-state index in [-0.39, 0.29) is 0 Å². The third-order valence-corrected chi connectivity index (χ3v) is 7.02. The van der Waals surface area contributed by atoms with Gasteiger partial charge in [-0.1, -0.05) is 60.7 Å². The molecule has 3 heteroatoms. The molecule has 32 heavy (non-hydrogen) atoms. The van der Waals surface area contributed by atoms with Crippen molar-refractivity contribution in [1.82, 2.24) is 0 Å². The Morgan fingerprint density at radius 1 is 0.875 bits per heavy atom. The molecule has 1 aromatic heterocycles. The number of fused-ring (bicyclic) bond motifs is 5. The standard InChI is InChI=1S/C18H16.C11H10O2S/c1-3-7-15-13(5-1)9-11-18-16-8-4-2-6-14(16)10-12-17(15)18;1-2-4-10-9(6-7-12-13-10)11-5-3-8-14-11/h1,3,5,7,9-12H,2,4,6,8H2;2-3,5-8H,1,4H2. The van der Waals surface area contributed by atoms with Crippen LogP contribution in [0.5, 0.6) is 0 Å². The lowest BCUT2D eigenvalue weighted by atomic mass is 9.86. The van der Waals surface area contributed by atoms with Crippen molar-refractivity contribution in [3.8, 4) is 0 Å². The van der Waals surface area contributed by atoms with Crippen molar-refractivity contribution in [3.05, 3.63) is 113 Å². The van der Waals surface area contributed by atoms with E-state index in [0.717, 1.165) is 11.3 Å². The Bertz CT molecular complexity index is 1310. The van der Waals surface area contributed by atoms with E-state index in [4.69, 9.17) is 9.78 Å². The average Bonchev–Trinajstić information content (AvgIpc) is 3.39. The molecule has 0 radical (unpaired) electrons. The molecule has 3 aromatic carbocycles. The summed E-state index contributed by atoms with van der Waals surface area (Å²) in [4.78, 5) is 11.0. The fourth-order valence-corrected chi connectivity index (χ4v) is 5.36. The summed E-state index contributed by atoms with van der Waals surface area (Å²) in [6.07, 6.45) is 11.1. The fraction of sp³-hybridized carbons (Fsp3) is 0.172. The van der Waals surface area contributed by atoms with Gasteiger partial charge in [0.15, 0.2) is 5.76 Å². The second kappa shape index (κ2) is 9.46. The second-order valence-electron chi connectivity index (χ2n) is 8.08. The Labute approximate surface area is 193 Å². The highest BCUT2D eigenvalue weighted by Crippen LogP contribution is 2.33. The summed E-state index contributed by atoms with van der Waals surface area (Å²) in [6, 6.07) is 22.0. The number of aryl methyl sites for hydroxylation is 2. The minimum atomic E-state index is 0.678. The maximum atomic E-state index is 5.08. The van der Waals surface area contributed by atoms with Crippen molar-refractivity contribution in [2.75, 3.05) is 0 Å². The van der Waals surface area contributed by atoms with Crippen LogP contribution in [0.2, 0.25) is 0 Å². The lowest BCUT2D eigenvalue weighted by molar-refractivity contribution is -0.214. The zero-order valence-corrected chi connectivity index (χ0v) is 18.9. The predicted molar refractivity (Wildman–Crippen MR) is 135 cm³/mol. The normalized spacial score (nSPS) is 14.9. The monoisotopic (exact) mass is 438 g/mol. The van der Waals surface area contributed by atoms with Gasteiger partial charge in [0.05, 0.1) is 0 Å². The minimum Gasteiger partial charge on any atom is -0.298 e. The summed E-state index contributed by atoms with van der Waals surface area (Å²) >= 11 is 1.68. The van der Waals surface area contributed by atoms with Crippen molar-refractivity contribution < 1.29 is 9.78 Å². The molecule has 6 rings (SSSR count). The van der Waals surface area contributed by atoms with E-state index in [1.165, 1.54) is 52.1 Å². The molecule has 0 atom stereocenters. The Hall–Kier alpha value is -3.30. The molecule has 0 N–H and O–H groups in total. The number of thiophene rings is 1. The van der Waals surface area contributed by atoms with Crippen LogP contribution in [-0.2, 0) is 22.6 Å². The molecule has 0 amide bonds. The first-order valence-electron chi connectivity index (χ1n) is 11.1. The Morgan fingerprint density at radius 2 is 1.75 bits per heavy atom. The van der Waals surface area contributed by atoms with Crippen molar-refractivity contribution >= 4 is 38.5 Å². The van der Waals surface area contributed by atoms with Gasteiger partial charge in [-0.05, 0) is 75.9 Å². The predicted octanol–water partition coefficient (Wildman–Crippen LogP) is 8.38. The largest absolute Gasteiger partial charge is 0.298 e. The summed E-state index contributed by atoms with van der Waals surface area (Å²) < 4.78 is 0. The first-order chi connectivity index (χ1) is 15.8. The molecule has 0 spiro atoms. The van der Waals surface area contributed by atoms with Gasteiger partial charge in [0, 0.05) is 16.9 Å². The summed E-state index contributed by atoms with van der Waals surface area (Å²) in [5.74, 6) is 0.810. The Morgan fingerprint density at radius 3 is 2.62 bits per heavy atom. The van der Waals surface area contributed by atoms with Gasteiger partial charge >= 0.3 is 0 Å². The Balaban J connectivity index is 0.000000140. The van der Waals surface area contributed by atoms with E-state index in [1.54, 1.807) is 34.8 Å². The summed E-state index contributed by atoms with van der Waals surface area (Å²) in [5, 5.41) is 7.68. The molecule has 0 saturated heterocycles. The molecule has 4 aromatic rings. The first-order valence-corrected chi connectivity index (χ1v) is 12.0. The summed E-state index contributed by atoms with van der Waals surface area (Å²) in [6.45, 7) is 3.68.